The first-order valence-electron chi connectivity index (χ1n) is 13.6. The fourth-order valence-electron chi connectivity index (χ4n) is 6.21. The van der Waals surface area contributed by atoms with E-state index < -0.39 is 6.29 Å². The van der Waals surface area contributed by atoms with Crippen LogP contribution in [0.4, 0.5) is 0 Å². The summed E-state index contributed by atoms with van der Waals surface area (Å²) in [4.78, 5) is 13.4. The molecule has 1 aromatic carbocycles. The predicted molar refractivity (Wildman–Crippen MR) is 134 cm³/mol. The summed E-state index contributed by atoms with van der Waals surface area (Å²) in [6.07, 6.45) is 6.79. The van der Waals surface area contributed by atoms with Gasteiger partial charge in [0.05, 0.1) is 26.4 Å². The lowest BCUT2D eigenvalue weighted by Crippen LogP contribution is -2.43. The van der Waals surface area contributed by atoms with Crippen molar-refractivity contribution in [3.8, 4) is 11.5 Å². The summed E-state index contributed by atoms with van der Waals surface area (Å²) in [5, 5.41) is 12.1. The van der Waals surface area contributed by atoms with Gasteiger partial charge in [-0.25, -0.2) is 0 Å². The largest absolute Gasteiger partial charge is 0.459 e. The van der Waals surface area contributed by atoms with Gasteiger partial charge in [0.1, 0.15) is 0 Å². The van der Waals surface area contributed by atoms with E-state index in [0.717, 1.165) is 23.7 Å². The van der Waals surface area contributed by atoms with Crippen molar-refractivity contribution in [2.75, 3.05) is 46.4 Å². The Morgan fingerprint density at radius 3 is 2.68 bits per heavy atom. The minimum atomic E-state index is -0.583. The van der Waals surface area contributed by atoms with Crippen molar-refractivity contribution in [2.45, 2.75) is 57.3 Å². The molecule has 4 aliphatic rings. The highest BCUT2D eigenvalue weighted by Crippen LogP contribution is 2.45. The Morgan fingerprint density at radius 2 is 1.92 bits per heavy atom. The molecule has 6 atom stereocenters. The summed E-state index contributed by atoms with van der Waals surface area (Å²) in [7, 11) is 0. The van der Waals surface area contributed by atoms with E-state index in [-0.39, 0.29) is 37.2 Å². The number of fused-ring (bicyclic) bond motifs is 3. The molecular weight excluding hydrogens is 478 g/mol. The van der Waals surface area contributed by atoms with Gasteiger partial charge in [-0.3, -0.25) is 4.79 Å². The summed E-state index contributed by atoms with van der Waals surface area (Å²) in [6.45, 7) is 4.25. The molecule has 2 bridgehead atoms. The minimum absolute atomic E-state index is 0.00308. The maximum Gasteiger partial charge on any atom is 0.286 e. The molecule has 3 unspecified atom stereocenters. The summed E-state index contributed by atoms with van der Waals surface area (Å²) >= 11 is 0. The van der Waals surface area contributed by atoms with Crippen molar-refractivity contribution in [1.29, 1.82) is 0 Å². The number of hydrogen-bond donors (Lipinski definition) is 2. The number of ether oxygens (including phenoxy) is 6. The van der Waals surface area contributed by atoms with E-state index in [1.807, 2.05) is 31.2 Å². The van der Waals surface area contributed by atoms with Crippen LogP contribution >= 0.6 is 0 Å². The number of benzene rings is 1. The van der Waals surface area contributed by atoms with E-state index in [1.54, 1.807) is 0 Å². The molecule has 9 heteroatoms. The Kier molecular flexibility index (Phi) is 8.86. The quantitative estimate of drug-likeness (QED) is 0.385. The van der Waals surface area contributed by atoms with Crippen LogP contribution in [0.2, 0.25) is 0 Å². The molecule has 204 valence electrons. The third kappa shape index (κ3) is 6.22. The van der Waals surface area contributed by atoms with Gasteiger partial charge in [-0.1, -0.05) is 12.5 Å². The molecule has 2 aliphatic carbocycles. The molecule has 0 saturated heterocycles. The van der Waals surface area contributed by atoms with Crippen LogP contribution in [-0.2, 0) is 23.7 Å². The van der Waals surface area contributed by atoms with Gasteiger partial charge in [0, 0.05) is 31.1 Å². The molecule has 0 spiro atoms. The number of aliphatic hydroxyl groups is 1. The van der Waals surface area contributed by atoms with Crippen LogP contribution in [0.25, 0.3) is 0 Å². The van der Waals surface area contributed by atoms with Crippen molar-refractivity contribution in [3.63, 3.8) is 0 Å². The van der Waals surface area contributed by atoms with Crippen LogP contribution in [0.5, 0.6) is 11.5 Å². The van der Waals surface area contributed by atoms with E-state index in [2.05, 4.69) is 5.32 Å². The fraction of sp³-hybridized carbons (Fsp3) is 0.679. The highest BCUT2D eigenvalue weighted by molar-refractivity contribution is 5.92. The Bertz CT molecular complexity index is 952. The molecule has 1 aromatic rings. The van der Waals surface area contributed by atoms with Gasteiger partial charge >= 0.3 is 0 Å². The van der Waals surface area contributed by atoms with Gasteiger partial charge in [0.2, 0.25) is 13.1 Å². The SMILES string of the molecule is CCO[C@H]1OC(C(=O)NC2CC3CCC2C3)=C[C@@H](c2ccc3c(c2)OCO3)[C@@H]1CCOCCOCCO. The summed E-state index contributed by atoms with van der Waals surface area (Å²) < 4.78 is 34.5. The van der Waals surface area contributed by atoms with Crippen LogP contribution in [0, 0.1) is 17.8 Å². The predicted octanol–water partition coefficient (Wildman–Crippen LogP) is 3.11. The smallest absolute Gasteiger partial charge is 0.286 e. The van der Waals surface area contributed by atoms with E-state index in [4.69, 9.17) is 33.5 Å². The number of carbonyl (C=O) groups is 1. The number of nitrogens with one attached hydrogen (secondary N) is 1. The van der Waals surface area contributed by atoms with Gasteiger partial charge < -0.3 is 38.8 Å². The number of allylic oxidation sites excluding steroid dienone is 1. The van der Waals surface area contributed by atoms with Gasteiger partial charge in [0.15, 0.2) is 17.3 Å². The molecule has 0 aromatic heterocycles. The van der Waals surface area contributed by atoms with Crippen molar-refractivity contribution < 1.29 is 38.3 Å². The van der Waals surface area contributed by atoms with E-state index >= 15 is 0 Å². The Labute approximate surface area is 218 Å². The van der Waals surface area contributed by atoms with Gasteiger partial charge in [-0.05, 0) is 68.2 Å². The van der Waals surface area contributed by atoms with Crippen molar-refractivity contribution in [2.24, 2.45) is 17.8 Å². The first-order chi connectivity index (χ1) is 18.2. The van der Waals surface area contributed by atoms with Crippen molar-refractivity contribution in [3.05, 3.63) is 35.6 Å². The molecule has 2 aliphatic heterocycles. The Morgan fingerprint density at radius 1 is 1.08 bits per heavy atom. The molecule has 0 radical (unpaired) electrons. The van der Waals surface area contributed by atoms with E-state index in [0.29, 0.717) is 56.9 Å². The molecule has 1 amide bonds. The second-order valence-corrected chi connectivity index (χ2v) is 10.3. The first-order valence-corrected chi connectivity index (χ1v) is 13.6. The van der Waals surface area contributed by atoms with Crippen LogP contribution in [0.15, 0.2) is 30.0 Å². The zero-order valence-electron chi connectivity index (χ0n) is 21.6. The molecular formula is C28H39NO8. The third-order valence-corrected chi connectivity index (χ3v) is 7.98. The van der Waals surface area contributed by atoms with Crippen LogP contribution < -0.4 is 14.8 Å². The van der Waals surface area contributed by atoms with Crippen molar-refractivity contribution >= 4 is 5.91 Å². The lowest BCUT2D eigenvalue weighted by molar-refractivity contribution is -0.168. The molecule has 37 heavy (non-hydrogen) atoms. The molecule has 2 fully saturated rings. The Balaban J connectivity index is 1.32. The number of hydrogen-bond acceptors (Lipinski definition) is 8. The van der Waals surface area contributed by atoms with Gasteiger partial charge in [-0.15, -0.1) is 0 Å². The highest BCUT2D eigenvalue weighted by atomic mass is 16.7. The number of amides is 1. The van der Waals surface area contributed by atoms with E-state index in [9.17, 15) is 4.79 Å². The molecule has 2 N–H and O–H groups in total. The topological polar surface area (TPSA) is 105 Å². The molecule has 2 heterocycles. The lowest BCUT2D eigenvalue weighted by atomic mass is 9.81. The zero-order valence-corrected chi connectivity index (χ0v) is 21.6. The standard InChI is InChI=1S/C28H39NO8/c1-2-34-28-21(7-9-32-11-12-33-10-8-30)22(19-5-6-24-25(15-19)36-17-35-24)16-26(37-28)27(31)29-23-14-18-3-4-20(23)13-18/h5-6,15-16,18,20-23,28,30H,2-4,7-14,17H2,1H3,(H,29,31)/t18?,20?,21-,22-,23?,28-/m0/s1. The van der Waals surface area contributed by atoms with Crippen LogP contribution in [-0.4, -0.2) is 69.8 Å². The highest BCUT2D eigenvalue weighted by Gasteiger charge is 2.42. The fourth-order valence-corrected chi connectivity index (χ4v) is 6.21. The second kappa shape index (κ2) is 12.5. The number of aliphatic hydroxyl groups excluding tert-OH is 1. The lowest BCUT2D eigenvalue weighted by Gasteiger charge is -2.37. The molecule has 2 saturated carbocycles. The monoisotopic (exact) mass is 517 g/mol. The van der Waals surface area contributed by atoms with Crippen LogP contribution in [0.1, 0.15) is 50.5 Å². The second-order valence-electron chi connectivity index (χ2n) is 10.3. The van der Waals surface area contributed by atoms with Gasteiger partial charge in [0.25, 0.3) is 5.91 Å². The summed E-state index contributed by atoms with van der Waals surface area (Å²) in [6, 6.07) is 6.15. The minimum Gasteiger partial charge on any atom is -0.459 e. The van der Waals surface area contributed by atoms with Crippen LogP contribution in [0.3, 0.4) is 0 Å². The Hall–Kier alpha value is -2.33. The third-order valence-electron chi connectivity index (χ3n) is 7.98. The number of rotatable bonds is 13. The first kappa shape index (κ1) is 26.3. The van der Waals surface area contributed by atoms with Gasteiger partial charge in [-0.2, -0.15) is 0 Å². The zero-order chi connectivity index (χ0) is 25.6. The maximum atomic E-state index is 13.4. The summed E-state index contributed by atoms with van der Waals surface area (Å²) in [5.41, 5.74) is 1.01. The maximum absolute atomic E-state index is 13.4. The molecule has 5 rings (SSSR count). The average molecular weight is 518 g/mol. The average Bonchev–Trinajstić information content (AvgIpc) is 3.65. The summed E-state index contributed by atoms with van der Waals surface area (Å²) in [5.74, 6) is 2.70. The number of carbonyl (C=O) groups excluding carboxylic acids is 1. The van der Waals surface area contributed by atoms with E-state index in [1.165, 1.54) is 19.3 Å². The van der Waals surface area contributed by atoms with Crippen molar-refractivity contribution in [1.82, 2.24) is 5.32 Å². The normalized spacial score (nSPS) is 29.7. The molecule has 9 nitrogen and oxygen atoms in total.